The van der Waals surface area contributed by atoms with Crippen molar-refractivity contribution in [3.8, 4) is 0 Å². The molecule has 0 saturated heterocycles. The second-order valence-electron chi connectivity index (χ2n) is 5.14. The predicted octanol–water partition coefficient (Wildman–Crippen LogP) is 2.47. The summed E-state index contributed by atoms with van der Waals surface area (Å²) in [6, 6.07) is 14.8. The molecular formula is C18H15N5O. The minimum Gasteiger partial charge on any atom is -0.399 e. The zero-order valence-electron chi connectivity index (χ0n) is 13.0. The lowest BCUT2D eigenvalue weighted by Gasteiger charge is -2.07. The molecule has 4 N–H and O–H groups in total. The lowest BCUT2D eigenvalue weighted by molar-refractivity contribution is -0.116. The number of hydrogen-bond donors (Lipinski definition) is 3. The first-order valence-electron chi connectivity index (χ1n) is 7.29. The van der Waals surface area contributed by atoms with E-state index in [0.29, 0.717) is 17.2 Å². The monoisotopic (exact) mass is 317 g/mol. The first-order valence-corrected chi connectivity index (χ1v) is 7.29. The zero-order chi connectivity index (χ0) is 17.1. The van der Waals surface area contributed by atoms with Crippen LogP contribution in [0.1, 0.15) is 11.1 Å². The molecule has 6 nitrogen and oxygen atoms in total. The highest BCUT2D eigenvalue weighted by Crippen LogP contribution is 2.32. The van der Waals surface area contributed by atoms with Crippen LogP contribution >= 0.6 is 0 Å². The van der Waals surface area contributed by atoms with Gasteiger partial charge < -0.3 is 16.4 Å². The summed E-state index contributed by atoms with van der Waals surface area (Å²) in [5, 5.41) is 5.70. The van der Waals surface area contributed by atoms with Crippen molar-refractivity contribution in [2.45, 2.75) is 0 Å². The van der Waals surface area contributed by atoms with Gasteiger partial charge in [0.25, 0.3) is 11.6 Å². The van der Waals surface area contributed by atoms with Gasteiger partial charge in [-0.15, -0.1) is 0 Å². The van der Waals surface area contributed by atoms with Crippen molar-refractivity contribution in [2.24, 2.45) is 4.99 Å². The smallest absolute Gasteiger partial charge is 0.275 e. The Hall–Kier alpha value is -3.59. The number of fused-ring (bicyclic) bond motifs is 1. The SMILES string of the molecule is [C-]#[N+]/C(C(=O)NC)=C1/N=C(Nc2ccc(N)cc2)c2ccccc21. The van der Waals surface area contributed by atoms with Crippen molar-refractivity contribution in [3.63, 3.8) is 0 Å². The van der Waals surface area contributed by atoms with Gasteiger partial charge in [-0.1, -0.05) is 24.3 Å². The topological polar surface area (TPSA) is 83.9 Å². The van der Waals surface area contributed by atoms with Gasteiger partial charge in [0.1, 0.15) is 5.84 Å². The maximum Gasteiger partial charge on any atom is 0.275 e. The number of carbonyl (C=O) groups is 1. The highest BCUT2D eigenvalue weighted by atomic mass is 16.1. The van der Waals surface area contributed by atoms with Crippen molar-refractivity contribution in [1.29, 1.82) is 0 Å². The Kier molecular flexibility index (Phi) is 4.00. The number of amides is 1. The lowest BCUT2D eigenvalue weighted by atomic mass is 10.1. The summed E-state index contributed by atoms with van der Waals surface area (Å²) in [6.07, 6.45) is 0. The van der Waals surface area contributed by atoms with Crippen LogP contribution in [0.4, 0.5) is 11.4 Å². The maximum absolute atomic E-state index is 12.0. The Labute approximate surface area is 139 Å². The average Bonchev–Trinajstić information content (AvgIpc) is 2.96. The van der Waals surface area contributed by atoms with Gasteiger partial charge in [0.2, 0.25) is 0 Å². The molecule has 118 valence electrons. The van der Waals surface area contributed by atoms with Crippen LogP contribution in [-0.2, 0) is 4.79 Å². The molecule has 1 aliphatic heterocycles. The summed E-state index contributed by atoms with van der Waals surface area (Å²) in [5.74, 6) is 0.141. The van der Waals surface area contributed by atoms with Gasteiger partial charge in [-0.3, -0.25) is 4.79 Å². The molecule has 1 amide bonds. The van der Waals surface area contributed by atoms with E-state index in [0.717, 1.165) is 16.8 Å². The third kappa shape index (κ3) is 2.71. The summed E-state index contributed by atoms with van der Waals surface area (Å²) in [7, 11) is 1.49. The van der Waals surface area contributed by atoms with E-state index < -0.39 is 5.91 Å². The first-order chi connectivity index (χ1) is 11.6. The quantitative estimate of drug-likeness (QED) is 0.452. The van der Waals surface area contributed by atoms with Crippen molar-refractivity contribution >= 4 is 28.8 Å². The Morgan fingerprint density at radius 2 is 1.79 bits per heavy atom. The Bertz CT molecular complexity index is 904. The molecule has 0 spiro atoms. The van der Waals surface area contributed by atoms with Crippen molar-refractivity contribution in [1.82, 2.24) is 5.32 Å². The molecule has 0 saturated carbocycles. The molecule has 3 rings (SSSR count). The van der Waals surface area contributed by atoms with E-state index in [1.54, 1.807) is 12.1 Å². The van der Waals surface area contributed by atoms with Crippen LogP contribution in [0, 0.1) is 6.57 Å². The Balaban J connectivity index is 2.08. The largest absolute Gasteiger partial charge is 0.399 e. The fourth-order valence-electron chi connectivity index (χ4n) is 2.44. The van der Waals surface area contributed by atoms with E-state index in [4.69, 9.17) is 12.3 Å². The number of nitrogen functional groups attached to an aromatic ring is 1. The van der Waals surface area contributed by atoms with Gasteiger partial charge in [0.15, 0.2) is 0 Å². The van der Waals surface area contributed by atoms with Crippen LogP contribution in [0.2, 0.25) is 0 Å². The lowest BCUT2D eigenvalue weighted by Crippen LogP contribution is -2.19. The van der Waals surface area contributed by atoms with Crippen LogP contribution < -0.4 is 16.4 Å². The number of nitrogens with one attached hydrogen (secondary N) is 2. The molecule has 0 aromatic heterocycles. The number of hydrogen-bond acceptors (Lipinski definition) is 4. The Morgan fingerprint density at radius 1 is 1.12 bits per heavy atom. The first kappa shape index (κ1) is 15.3. The molecule has 24 heavy (non-hydrogen) atoms. The molecule has 1 aliphatic rings. The van der Waals surface area contributed by atoms with E-state index in [-0.39, 0.29) is 5.70 Å². The summed E-state index contributed by atoms with van der Waals surface area (Å²) >= 11 is 0. The number of nitrogens with two attached hydrogens (primary N) is 1. The van der Waals surface area contributed by atoms with Crippen LogP contribution in [-0.4, -0.2) is 18.8 Å². The molecule has 6 heteroatoms. The molecule has 0 radical (unpaired) electrons. The third-order valence-corrected chi connectivity index (χ3v) is 3.61. The van der Waals surface area contributed by atoms with Gasteiger partial charge >= 0.3 is 0 Å². The van der Waals surface area contributed by atoms with E-state index in [1.807, 2.05) is 36.4 Å². The highest BCUT2D eigenvalue weighted by Gasteiger charge is 2.25. The van der Waals surface area contributed by atoms with Gasteiger partial charge in [-0.25, -0.2) is 9.84 Å². The summed E-state index contributed by atoms with van der Waals surface area (Å²) in [6.45, 7) is 7.31. The number of aliphatic imine (C=N–C) groups is 1. The van der Waals surface area contributed by atoms with E-state index in [9.17, 15) is 4.79 Å². The van der Waals surface area contributed by atoms with Gasteiger partial charge in [0, 0.05) is 29.5 Å². The minimum atomic E-state index is -0.452. The molecular weight excluding hydrogens is 302 g/mol. The molecule has 0 unspecified atom stereocenters. The van der Waals surface area contributed by atoms with Gasteiger partial charge in [-0.05, 0) is 24.3 Å². The number of rotatable bonds is 2. The fourth-order valence-corrected chi connectivity index (χ4v) is 2.44. The molecule has 2 aromatic rings. The van der Waals surface area contributed by atoms with Crippen LogP contribution in [0.5, 0.6) is 0 Å². The average molecular weight is 317 g/mol. The van der Waals surface area contributed by atoms with E-state index in [1.165, 1.54) is 7.05 Å². The van der Waals surface area contributed by atoms with Crippen LogP contribution in [0.3, 0.4) is 0 Å². The van der Waals surface area contributed by atoms with Crippen molar-refractivity contribution < 1.29 is 4.79 Å². The molecule has 2 aromatic carbocycles. The summed E-state index contributed by atoms with van der Waals surface area (Å²) in [4.78, 5) is 19.8. The van der Waals surface area contributed by atoms with Gasteiger partial charge in [-0.2, -0.15) is 0 Å². The number of carbonyl (C=O) groups excluding carboxylic acids is 1. The Morgan fingerprint density at radius 3 is 2.42 bits per heavy atom. The number of likely N-dealkylation sites (N-methyl/N-ethyl adjacent to an activating group) is 1. The van der Waals surface area contributed by atoms with Crippen LogP contribution in [0.25, 0.3) is 10.5 Å². The maximum atomic E-state index is 12.0. The summed E-state index contributed by atoms with van der Waals surface area (Å²) in [5.41, 5.74) is 9.13. The predicted molar refractivity (Wildman–Crippen MR) is 95.0 cm³/mol. The number of anilines is 2. The van der Waals surface area contributed by atoms with E-state index in [2.05, 4.69) is 20.5 Å². The van der Waals surface area contributed by atoms with Crippen LogP contribution in [0.15, 0.2) is 59.2 Å². The number of amidine groups is 1. The molecule has 0 fully saturated rings. The van der Waals surface area contributed by atoms with Crippen molar-refractivity contribution in [2.75, 3.05) is 18.1 Å². The second kappa shape index (κ2) is 6.26. The number of benzene rings is 2. The zero-order valence-corrected chi connectivity index (χ0v) is 13.0. The van der Waals surface area contributed by atoms with Crippen molar-refractivity contribution in [3.05, 3.63) is 76.8 Å². The summed E-state index contributed by atoms with van der Waals surface area (Å²) < 4.78 is 0. The molecule has 0 aliphatic carbocycles. The number of nitrogens with zero attached hydrogens (tertiary/aromatic N) is 2. The fraction of sp³-hybridized carbons (Fsp3) is 0.0556. The molecule has 0 bridgehead atoms. The van der Waals surface area contributed by atoms with Gasteiger partial charge in [0.05, 0.1) is 12.3 Å². The normalized spacial score (nSPS) is 14.2. The minimum absolute atomic E-state index is 0.0287. The second-order valence-corrected chi connectivity index (χ2v) is 5.14. The highest BCUT2D eigenvalue weighted by molar-refractivity contribution is 6.19. The third-order valence-electron chi connectivity index (χ3n) is 3.61. The molecule has 0 atom stereocenters. The standard InChI is InChI=1S/C18H15N5O/c1-20-16(18(24)21-2)15-13-5-3-4-6-14(13)17(23-15)22-12-9-7-11(19)8-10-12/h3-10H,19H2,2H3,(H,21,24)(H,22,23)/b16-15+. The van der Waals surface area contributed by atoms with E-state index >= 15 is 0 Å². The molecule has 1 heterocycles.